The van der Waals surface area contributed by atoms with Crippen molar-refractivity contribution in [3.8, 4) is 5.88 Å². The first-order chi connectivity index (χ1) is 10.6. The van der Waals surface area contributed by atoms with Crippen LogP contribution >= 0.6 is 0 Å². The third-order valence-electron chi connectivity index (χ3n) is 3.89. The molecule has 0 saturated carbocycles. The summed E-state index contributed by atoms with van der Waals surface area (Å²) in [6.07, 6.45) is 2.99. The molecule has 0 spiro atoms. The molecular formula is C15H18FN5O. The van der Waals surface area contributed by atoms with E-state index in [9.17, 15) is 4.39 Å². The van der Waals surface area contributed by atoms with Crippen LogP contribution in [0.3, 0.4) is 0 Å². The van der Waals surface area contributed by atoms with Crippen molar-refractivity contribution in [1.29, 1.82) is 0 Å². The molecule has 1 fully saturated rings. The molecule has 4 N–H and O–H groups in total. The lowest BCUT2D eigenvalue weighted by Crippen LogP contribution is -2.24. The van der Waals surface area contributed by atoms with Crippen LogP contribution in [0.25, 0.3) is 0 Å². The van der Waals surface area contributed by atoms with E-state index in [1.54, 1.807) is 6.07 Å². The van der Waals surface area contributed by atoms with Crippen LogP contribution in [0.15, 0.2) is 24.4 Å². The van der Waals surface area contributed by atoms with Gasteiger partial charge in [-0.2, -0.15) is 0 Å². The molecule has 0 aliphatic carbocycles. The number of hydrogen-bond donors (Lipinski definition) is 2. The van der Waals surface area contributed by atoms with Crippen molar-refractivity contribution < 1.29 is 9.13 Å². The molecule has 1 aliphatic rings. The van der Waals surface area contributed by atoms with Crippen molar-refractivity contribution in [2.24, 2.45) is 0 Å². The SMILES string of the molecule is COc1ncc(F)cc1C1CCCN1c1ccc(N)c(N)n1. The number of halogens is 1. The van der Waals surface area contributed by atoms with Gasteiger partial charge >= 0.3 is 0 Å². The highest BCUT2D eigenvalue weighted by molar-refractivity contribution is 5.63. The fourth-order valence-corrected chi connectivity index (χ4v) is 2.85. The molecule has 116 valence electrons. The molecule has 0 amide bonds. The Morgan fingerprint density at radius 3 is 2.91 bits per heavy atom. The molecule has 0 radical (unpaired) electrons. The van der Waals surface area contributed by atoms with E-state index in [1.165, 1.54) is 13.2 Å². The number of nitrogens with two attached hydrogens (primary N) is 2. The van der Waals surface area contributed by atoms with Gasteiger partial charge in [-0.05, 0) is 31.0 Å². The molecular weight excluding hydrogens is 285 g/mol. The third kappa shape index (κ3) is 2.49. The summed E-state index contributed by atoms with van der Waals surface area (Å²) in [5, 5.41) is 0. The maximum Gasteiger partial charge on any atom is 0.218 e. The summed E-state index contributed by atoms with van der Waals surface area (Å²) in [6.45, 7) is 0.806. The minimum absolute atomic E-state index is 0.0475. The van der Waals surface area contributed by atoms with Crippen LogP contribution in [-0.2, 0) is 0 Å². The van der Waals surface area contributed by atoms with Crippen LogP contribution in [0.1, 0.15) is 24.4 Å². The number of pyridine rings is 2. The highest BCUT2D eigenvalue weighted by Gasteiger charge is 2.30. The van der Waals surface area contributed by atoms with E-state index in [0.29, 0.717) is 17.4 Å². The number of rotatable bonds is 3. The zero-order chi connectivity index (χ0) is 15.7. The van der Waals surface area contributed by atoms with Crippen molar-refractivity contribution in [3.05, 3.63) is 35.8 Å². The minimum Gasteiger partial charge on any atom is -0.481 e. The summed E-state index contributed by atoms with van der Waals surface area (Å²) in [7, 11) is 1.53. The topological polar surface area (TPSA) is 90.3 Å². The van der Waals surface area contributed by atoms with Crippen molar-refractivity contribution in [3.63, 3.8) is 0 Å². The van der Waals surface area contributed by atoms with Crippen LogP contribution in [0, 0.1) is 5.82 Å². The Kier molecular flexibility index (Phi) is 3.70. The Labute approximate surface area is 127 Å². The van der Waals surface area contributed by atoms with Crippen LogP contribution in [0.2, 0.25) is 0 Å². The van der Waals surface area contributed by atoms with Crippen LogP contribution in [-0.4, -0.2) is 23.6 Å². The summed E-state index contributed by atoms with van der Waals surface area (Å²) in [5.41, 5.74) is 12.7. The average molecular weight is 303 g/mol. The second-order valence-electron chi connectivity index (χ2n) is 5.25. The van der Waals surface area contributed by atoms with Gasteiger partial charge in [0.2, 0.25) is 5.88 Å². The van der Waals surface area contributed by atoms with Gasteiger partial charge in [-0.25, -0.2) is 14.4 Å². The maximum absolute atomic E-state index is 13.6. The number of methoxy groups -OCH3 is 1. The zero-order valence-corrected chi connectivity index (χ0v) is 12.3. The number of aromatic nitrogens is 2. The second kappa shape index (κ2) is 5.67. The van der Waals surface area contributed by atoms with Gasteiger partial charge in [-0.1, -0.05) is 0 Å². The fourth-order valence-electron chi connectivity index (χ4n) is 2.85. The van der Waals surface area contributed by atoms with Crippen molar-refractivity contribution in [1.82, 2.24) is 9.97 Å². The second-order valence-corrected chi connectivity index (χ2v) is 5.25. The van der Waals surface area contributed by atoms with E-state index in [1.807, 2.05) is 6.07 Å². The minimum atomic E-state index is -0.382. The molecule has 2 aromatic rings. The molecule has 0 bridgehead atoms. The zero-order valence-electron chi connectivity index (χ0n) is 12.3. The van der Waals surface area contributed by atoms with E-state index in [-0.39, 0.29) is 11.9 Å². The Bertz CT molecular complexity index is 694. The van der Waals surface area contributed by atoms with E-state index < -0.39 is 0 Å². The summed E-state index contributed by atoms with van der Waals surface area (Å²) >= 11 is 0. The number of anilines is 3. The summed E-state index contributed by atoms with van der Waals surface area (Å²) in [5.74, 6) is 1.07. The molecule has 1 aliphatic heterocycles. The summed E-state index contributed by atoms with van der Waals surface area (Å²) in [4.78, 5) is 10.4. The predicted octanol–water partition coefficient (Wildman–Crippen LogP) is 2.13. The van der Waals surface area contributed by atoms with E-state index in [4.69, 9.17) is 16.2 Å². The van der Waals surface area contributed by atoms with E-state index in [2.05, 4.69) is 14.9 Å². The van der Waals surface area contributed by atoms with Gasteiger partial charge in [0.1, 0.15) is 17.5 Å². The Morgan fingerprint density at radius 1 is 1.36 bits per heavy atom. The maximum atomic E-state index is 13.6. The van der Waals surface area contributed by atoms with Crippen molar-refractivity contribution in [2.45, 2.75) is 18.9 Å². The van der Waals surface area contributed by atoms with Gasteiger partial charge in [0.05, 0.1) is 25.0 Å². The molecule has 3 heterocycles. The fraction of sp³-hybridized carbons (Fsp3) is 0.333. The van der Waals surface area contributed by atoms with Gasteiger partial charge in [-0.3, -0.25) is 0 Å². The lowest BCUT2D eigenvalue weighted by molar-refractivity contribution is 0.385. The molecule has 6 nitrogen and oxygen atoms in total. The first kappa shape index (κ1) is 14.4. The van der Waals surface area contributed by atoms with Crippen LogP contribution in [0.4, 0.5) is 21.7 Å². The van der Waals surface area contributed by atoms with E-state index in [0.717, 1.165) is 37.0 Å². The number of nitrogen functional groups attached to an aromatic ring is 2. The molecule has 2 aromatic heterocycles. The largest absolute Gasteiger partial charge is 0.481 e. The van der Waals surface area contributed by atoms with Crippen molar-refractivity contribution in [2.75, 3.05) is 30.0 Å². The predicted molar refractivity (Wildman–Crippen MR) is 83.1 cm³/mol. The van der Waals surface area contributed by atoms with Crippen LogP contribution in [0.5, 0.6) is 5.88 Å². The average Bonchev–Trinajstić information content (AvgIpc) is 2.99. The van der Waals surface area contributed by atoms with Crippen molar-refractivity contribution >= 4 is 17.3 Å². The molecule has 7 heteroatoms. The molecule has 22 heavy (non-hydrogen) atoms. The molecule has 1 atom stereocenters. The standard InChI is InChI=1S/C15H18FN5O/c1-22-15-10(7-9(16)8-19-15)12-3-2-6-21(12)13-5-4-11(17)14(18)20-13/h4-5,7-8,12H,2-3,6,17H2,1H3,(H2,18,20). The number of hydrogen-bond acceptors (Lipinski definition) is 6. The quantitative estimate of drug-likeness (QED) is 0.902. The monoisotopic (exact) mass is 303 g/mol. The van der Waals surface area contributed by atoms with Gasteiger partial charge in [0.15, 0.2) is 0 Å². The lowest BCUT2D eigenvalue weighted by atomic mass is 10.1. The first-order valence-electron chi connectivity index (χ1n) is 7.08. The summed E-state index contributed by atoms with van der Waals surface area (Å²) in [6, 6.07) is 4.97. The first-order valence-corrected chi connectivity index (χ1v) is 7.08. The highest BCUT2D eigenvalue weighted by Crippen LogP contribution is 2.39. The smallest absolute Gasteiger partial charge is 0.218 e. The normalized spacial score (nSPS) is 17.7. The Morgan fingerprint density at radius 2 is 2.18 bits per heavy atom. The van der Waals surface area contributed by atoms with E-state index >= 15 is 0 Å². The lowest BCUT2D eigenvalue weighted by Gasteiger charge is -2.27. The van der Waals surface area contributed by atoms with Gasteiger partial charge in [0, 0.05) is 12.1 Å². The van der Waals surface area contributed by atoms with Gasteiger partial charge in [-0.15, -0.1) is 0 Å². The highest BCUT2D eigenvalue weighted by atomic mass is 19.1. The Hall–Kier alpha value is -2.57. The van der Waals surface area contributed by atoms with Gasteiger partial charge in [0.25, 0.3) is 0 Å². The molecule has 1 unspecified atom stereocenters. The molecule has 0 aromatic carbocycles. The van der Waals surface area contributed by atoms with Gasteiger partial charge < -0.3 is 21.1 Å². The number of ether oxygens (including phenoxy) is 1. The molecule has 3 rings (SSSR count). The third-order valence-corrected chi connectivity index (χ3v) is 3.89. The van der Waals surface area contributed by atoms with Crippen LogP contribution < -0.4 is 21.1 Å². The number of nitrogens with zero attached hydrogens (tertiary/aromatic N) is 3. The summed E-state index contributed by atoms with van der Waals surface area (Å²) < 4.78 is 18.9. The molecule has 1 saturated heterocycles. The Balaban J connectivity index is 1.99.